The van der Waals surface area contributed by atoms with E-state index in [0.29, 0.717) is 42.3 Å². The van der Waals surface area contributed by atoms with Crippen LogP contribution in [0.15, 0.2) is 54.3 Å². The molecule has 0 atom stereocenters. The van der Waals surface area contributed by atoms with Crippen molar-refractivity contribution in [2.45, 2.75) is 39.8 Å². The Kier molecular flexibility index (Phi) is 5.93. The molecule has 4 aromatic rings. The molecule has 8 nitrogen and oxygen atoms in total. The quantitative estimate of drug-likeness (QED) is 0.447. The maximum atomic E-state index is 12.7. The van der Waals surface area contributed by atoms with E-state index in [1.807, 2.05) is 48.4 Å². The highest BCUT2D eigenvalue weighted by molar-refractivity contribution is 7.14. The lowest BCUT2D eigenvalue weighted by Gasteiger charge is -2.29. The molecule has 1 aromatic carbocycles. The molecule has 0 saturated carbocycles. The molecule has 0 unspecified atom stereocenters. The number of anilines is 2. The zero-order chi connectivity index (χ0) is 23.7. The van der Waals surface area contributed by atoms with Gasteiger partial charge in [0.1, 0.15) is 0 Å². The second kappa shape index (κ2) is 9.18. The summed E-state index contributed by atoms with van der Waals surface area (Å²) in [6.45, 7) is 5.01. The number of hydrogen-bond acceptors (Lipinski definition) is 6. The van der Waals surface area contributed by atoms with E-state index in [0.717, 1.165) is 28.1 Å². The Hall–Kier alpha value is -3.85. The smallest absolute Gasteiger partial charge is 0.260 e. The summed E-state index contributed by atoms with van der Waals surface area (Å²) in [6.07, 6.45) is 6.43. The minimum atomic E-state index is -0.215. The molecule has 5 rings (SSSR count). The van der Waals surface area contributed by atoms with Gasteiger partial charge in [0.2, 0.25) is 5.91 Å². The second-order valence-electron chi connectivity index (χ2n) is 8.16. The van der Waals surface area contributed by atoms with Gasteiger partial charge in [-0.2, -0.15) is 5.10 Å². The highest BCUT2D eigenvalue weighted by Crippen LogP contribution is 2.34. The van der Waals surface area contributed by atoms with Crippen molar-refractivity contribution >= 4 is 34.0 Å². The first-order chi connectivity index (χ1) is 16.5. The van der Waals surface area contributed by atoms with Crippen LogP contribution in [0, 0.1) is 6.92 Å². The molecule has 0 fully saturated rings. The molecule has 9 heteroatoms. The third kappa shape index (κ3) is 4.34. The molecule has 4 heterocycles. The lowest BCUT2D eigenvalue weighted by molar-refractivity contribution is -0.119. The fourth-order valence-corrected chi connectivity index (χ4v) is 4.81. The first kappa shape index (κ1) is 22.0. The summed E-state index contributed by atoms with van der Waals surface area (Å²) in [5, 5.41) is 9.68. The van der Waals surface area contributed by atoms with Gasteiger partial charge in [-0.15, -0.1) is 11.3 Å². The third-order valence-electron chi connectivity index (χ3n) is 5.88. The van der Waals surface area contributed by atoms with Gasteiger partial charge < -0.3 is 4.90 Å². The SMILES string of the molecule is CCn1cc(C(=O)Nc2nc(-c3ccc4c(c3)CCC(=O)N4Cc3cccnc3)cs2)c(C)n1. The Balaban J connectivity index is 1.35. The molecular weight excluding hydrogens is 448 g/mol. The summed E-state index contributed by atoms with van der Waals surface area (Å²) in [4.78, 5) is 35.9. The van der Waals surface area contributed by atoms with Gasteiger partial charge in [0.15, 0.2) is 5.13 Å². The lowest BCUT2D eigenvalue weighted by Crippen LogP contribution is -2.34. The summed E-state index contributed by atoms with van der Waals surface area (Å²) in [5.41, 5.74) is 6.02. The summed E-state index contributed by atoms with van der Waals surface area (Å²) in [7, 11) is 0. The van der Waals surface area contributed by atoms with E-state index in [1.165, 1.54) is 11.3 Å². The van der Waals surface area contributed by atoms with E-state index in [4.69, 9.17) is 0 Å². The molecule has 3 aromatic heterocycles. The normalized spacial score (nSPS) is 13.1. The molecule has 0 bridgehead atoms. The number of pyridine rings is 1. The van der Waals surface area contributed by atoms with Crippen LogP contribution in [-0.4, -0.2) is 31.6 Å². The second-order valence-corrected chi connectivity index (χ2v) is 9.02. The first-order valence-electron chi connectivity index (χ1n) is 11.2. The Labute approximate surface area is 201 Å². The van der Waals surface area contributed by atoms with Crippen LogP contribution in [0.5, 0.6) is 0 Å². The van der Waals surface area contributed by atoms with Crippen LogP contribution >= 0.6 is 11.3 Å². The Morgan fingerprint density at radius 3 is 2.88 bits per heavy atom. The molecule has 1 aliphatic rings. The number of carbonyl (C=O) groups excluding carboxylic acids is 2. The van der Waals surface area contributed by atoms with E-state index in [1.54, 1.807) is 23.3 Å². The van der Waals surface area contributed by atoms with E-state index in [2.05, 4.69) is 26.4 Å². The van der Waals surface area contributed by atoms with E-state index >= 15 is 0 Å². The highest BCUT2D eigenvalue weighted by atomic mass is 32.1. The maximum Gasteiger partial charge on any atom is 0.260 e. The number of nitrogens with one attached hydrogen (secondary N) is 1. The molecule has 1 N–H and O–H groups in total. The number of nitrogens with zero attached hydrogens (tertiary/aromatic N) is 5. The predicted octanol–water partition coefficient (Wildman–Crippen LogP) is 4.46. The van der Waals surface area contributed by atoms with Gasteiger partial charge in [0.05, 0.1) is 23.5 Å². The van der Waals surface area contributed by atoms with Gasteiger partial charge >= 0.3 is 0 Å². The van der Waals surface area contributed by atoms with Gasteiger partial charge in [0, 0.05) is 48.2 Å². The Morgan fingerprint density at radius 2 is 2.12 bits per heavy atom. The van der Waals surface area contributed by atoms with Gasteiger partial charge in [0.25, 0.3) is 5.91 Å². The number of aryl methyl sites for hydroxylation is 3. The summed E-state index contributed by atoms with van der Waals surface area (Å²) < 4.78 is 1.74. The number of thiazole rings is 1. The van der Waals surface area contributed by atoms with Crippen LogP contribution in [0.2, 0.25) is 0 Å². The van der Waals surface area contributed by atoms with E-state index in [-0.39, 0.29) is 11.8 Å². The van der Waals surface area contributed by atoms with Gasteiger partial charge in [-0.05, 0) is 49.6 Å². The number of amides is 2. The van der Waals surface area contributed by atoms with Crippen LogP contribution < -0.4 is 10.2 Å². The van der Waals surface area contributed by atoms with E-state index in [9.17, 15) is 9.59 Å². The fourth-order valence-electron chi connectivity index (χ4n) is 4.10. The number of carbonyl (C=O) groups is 2. The van der Waals surface area contributed by atoms with Crippen molar-refractivity contribution in [1.82, 2.24) is 19.7 Å². The van der Waals surface area contributed by atoms with Crippen molar-refractivity contribution in [3.05, 3.63) is 76.7 Å². The zero-order valence-corrected chi connectivity index (χ0v) is 19.8. The number of benzene rings is 1. The monoisotopic (exact) mass is 472 g/mol. The largest absolute Gasteiger partial charge is 0.308 e. The summed E-state index contributed by atoms with van der Waals surface area (Å²) >= 11 is 1.38. The molecule has 0 aliphatic carbocycles. The van der Waals surface area contributed by atoms with Crippen molar-refractivity contribution in [2.24, 2.45) is 0 Å². The molecular formula is C25H24N6O2S. The molecule has 0 spiro atoms. The van der Waals surface area contributed by atoms with Crippen molar-refractivity contribution in [3.8, 4) is 11.3 Å². The third-order valence-corrected chi connectivity index (χ3v) is 6.64. The Morgan fingerprint density at radius 1 is 1.24 bits per heavy atom. The number of aromatic nitrogens is 4. The fraction of sp³-hybridized carbons (Fsp3) is 0.240. The highest BCUT2D eigenvalue weighted by Gasteiger charge is 2.25. The topological polar surface area (TPSA) is 93.0 Å². The van der Waals surface area contributed by atoms with Gasteiger partial charge in [-0.3, -0.25) is 24.6 Å². The average Bonchev–Trinajstić information content (AvgIpc) is 3.47. The molecule has 34 heavy (non-hydrogen) atoms. The molecule has 172 valence electrons. The van der Waals surface area contributed by atoms with Crippen molar-refractivity contribution in [2.75, 3.05) is 10.2 Å². The number of fused-ring (bicyclic) bond motifs is 1. The van der Waals surface area contributed by atoms with Crippen LogP contribution in [0.1, 0.15) is 40.5 Å². The van der Waals surface area contributed by atoms with Crippen molar-refractivity contribution in [3.63, 3.8) is 0 Å². The summed E-state index contributed by atoms with van der Waals surface area (Å²) in [5.74, 6) is -0.0995. The number of hydrogen-bond donors (Lipinski definition) is 1. The molecule has 2 amide bonds. The zero-order valence-electron chi connectivity index (χ0n) is 19.0. The van der Waals surface area contributed by atoms with Crippen molar-refractivity contribution < 1.29 is 9.59 Å². The first-order valence-corrected chi connectivity index (χ1v) is 12.0. The van der Waals surface area contributed by atoms with Crippen LogP contribution in [-0.2, 0) is 24.3 Å². The van der Waals surface area contributed by atoms with Crippen LogP contribution in [0.25, 0.3) is 11.3 Å². The van der Waals surface area contributed by atoms with E-state index < -0.39 is 0 Å². The Bertz CT molecular complexity index is 1360. The van der Waals surface area contributed by atoms with Crippen molar-refractivity contribution in [1.29, 1.82) is 0 Å². The van der Waals surface area contributed by atoms with Gasteiger partial charge in [-0.1, -0.05) is 12.1 Å². The molecule has 0 radical (unpaired) electrons. The average molecular weight is 473 g/mol. The lowest BCUT2D eigenvalue weighted by atomic mass is 9.97. The van der Waals surface area contributed by atoms with Crippen LogP contribution in [0.3, 0.4) is 0 Å². The molecule has 0 saturated heterocycles. The van der Waals surface area contributed by atoms with Gasteiger partial charge in [-0.25, -0.2) is 4.98 Å². The predicted molar refractivity (Wildman–Crippen MR) is 132 cm³/mol. The van der Waals surface area contributed by atoms with Crippen LogP contribution in [0.4, 0.5) is 10.8 Å². The minimum absolute atomic E-state index is 0.115. The molecule has 1 aliphatic heterocycles. The standard InChI is InChI=1S/C25H24N6O2S/c1-3-30-14-20(16(2)29-30)24(33)28-25-27-21(15-34-25)18-6-8-22-19(11-18)7-9-23(32)31(22)13-17-5-4-10-26-12-17/h4-6,8,10-12,14-15H,3,7,9,13H2,1-2H3,(H,27,28,33). The summed E-state index contributed by atoms with van der Waals surface area (Å²) in [6, 6.07) is 9.91. The maximum absolute atomic E-state index is 12.7. The number of rotatable bonds is 6. The minimum Gasteiger partial charge on any atom is -0.308 e.